The second-order valence-electron chi connectivity index (χ2n) is 6.44. The third-order valence-electron chi connectivity index (χ3n) is 4.74. The van der Waals surface area contributed by atoms with Crippen molar-refractivity contribution in [3.8, 4) is 11.4 Å². The van der Waals surface area contributed by atoms with Crippen molar-refractivity contribution in [2.45, 2.75) is 31.7 Å². The standard InChI is InChI=1S/C18H19FN6O/c1-2-20-17(26)18(5-3-6-18)25-14-4-7-21-16(24-14)13-10-23-15-12(13)8-11(19)9-22-15/h4,7-10H,2-3,5-6H2,1H3,(H,20,26)(H,22,23)(H,21,24,25). The van der Waals surface area contributed by atoms with Crippen LogP contribution in [0.25, 0.3) is 22.4 Å². The van der Waals surface area contributed by atoms with Crippen molar-refractivity contribution >= 4 is 22.8 Å². The Balaban J connectivity index is 1.66. The quantitative estimate of drug-likeness (QED) is 0.655. The maximum atomic E-state index is 13.6. The van der Waals surface area contributed by atoms with Crippen LogP contribution in [-0.4, -0.2) is 37.9 Å². The van der Waals surface area contributed by atoms with Gasteiger partial charge >= 0.3 is 0 Å². The zero-order chi connectivity index (χ0) is 18.1. The zero-order valence-electron chi connectivity index (χ0n) is 14.3. The molecule has 8 heteroatoms. The Labute approximate surface area is 149 Å². The Morgan fingerprint density at radius 2 is 2.23 bits per heavy atom. The molecule has 0 saturated heterocycles. The Kier molecular flexibility index (Phi) is 4.02. The molecule has 1 saturated carbocycles. The molecule has 0 aliphatic heterocycles. The first kappa shape index (κ1) is 16.4. The molecular formula is C18H19FN6O. The van der Waals surface area contributed by atoms with Gasteiger partial charge in [-0.15, -0.1) is 0 Å². The van der Waals surface area contributed by atoms with E-state index in [-0.39, 0.29) is 5.91 Å². The second kappa shape index (κ2) is 6.36. The van der Waals surface area contributed by atoms with E-state index in [2.05, 4.69) is 30.6 Å². The van der Waals surface area contributed by atoms with Crippen LogP contribution in [0.3, 0.4) is 0 Å². The summed E-state index contributed by atoms with van der Waals surface area (Å²) < 4.78 is 13.6. The number of hydrogen-bond donors (Lipinski definition) is 3. The van der Waals surface area contributed by atoms with Crippen LogP contribution < -0.4 is 10.6 Å². The van der Waals surface area contributed by atoms with Crippen LogP contribution in [0.1, 0.15) is 26.2 Å². The number of carbonyl (C=O) groups is 1. The predicted molar refractivity (Wildman–Crippen MR) is 96.0 cm³/mol. The van der Waals surface area contributed by atoms with E-state index in [0.29, 0.717) is 34.8 Å². The normalized spacial score (nSPS) is 15.5. The van der Waals surface area contributed by atoms with E-state index < -0.39 is 11.4 Å². The lowest BCUT2D eigenvalue weighted by Crippen LogP contribution is -2.57. The van der Waals surface area contributed by atoms with Gasteiger partial charge in [-0.25, -0.2) is 19.3 Å². The number of halogens is 1. The number of hydrogen-bond acceptors (Lipinski definition) is 5. The summed E-state index contributed by atoms with van der Waals surface area (Å²) in [6, 6.07) is 3.14. The van der Waals surface area contributed by atoms with Gasteiger partial charge in [-0.05, 0) is 38.3 Å². The van der Waals surface area contributed by atoms with Crippen LogP contribution >= 0.6 is 0 Å². The Bertz CT molecular complexity index is 965. The Morgan fingerprint density at radius 3 is 2.96 bits per heavy atom. The van der Waals surface area contributed by atoms with Gasteiger partial charge in [-0.1, -0.05) is 0 Å². The number of pyridine rings is 1. The highest BCUT2D eigenvalue weighted by Crippen LogP contribution is 2.35. The first-order valence-corrected chi connectivity index (χ1v) is 8.64. The van der Waals surface area contributed by atoms with E-state index in [1.807, 2.05) is 6.92 Å². The number of likely N-dealkylation sites (N-methyl/N-ethyl adjacent to an activating group) is 1. The molecule has 3 aromatic rings. The fraction of sp³-hybridized carbons (Fsp3) is 0.333. The molecule has 3 heterocycles. The number of amides is 1. The van der Waals surface area contributed by atoms with Crippen molar-refractivity contribution in [2.75, 3.05) is 11.9 Å². The lowest BCUT2D eigenvalue weighted by molar-refractivity contribution is -0.128. The van der Waals surface area contributed by atoms with Crippen LogP contribution in [0.15, 0.2) is 30.7 Å². The number of carbonyl (C=O) groups excluding carboxylic acids is 1. The number of H-pyrrole nitrogens is 1. The van der Waals surface area contributed by atoms with Gasteiger partial charge < -0.3 is 15.6 Å². The molecule has 1 fully saturated rings. The molecule has 7 nitrogen and oxygen atoms in total. The van der Waals surface area contributed by atoms with Gasteiger partial charge in [-0.2, -0.15) is 0 Å². The molecule has 0 aromatic carbocycles. The molecule has 0 spiro atoms. The van der Waals surface area contributed by atoms with Crippen molar-refractivity contribution in [3.63, 3.8) is 0 Å². The van der Waals surface area contributed by atoms with Gasteiger partial charge in [0.15, 0.2) is 5.82 Å². The number of fused-ring (bicyclic) bond motifs is 1. The summed E-state index contributed by atoms with van der Waals surface area (Å²) in [5.74, 6) is 0.584. The zero-order valence-corrected chi connectivity index (χ0v) is 14.3. The largest absolute Gasteiger partial charge is 0.356 e. The van der Waals surface area contributed by atoms with Gasteiger partial charge in [0.2, 0.25) is 5.91 Å². The number of rotatable bonds is 5. The Hall–Kier alpha value is -3.03. The minimum Gasteiger partial charge on any atom is -0.356 e. The summed E-state index contributed by atoms with van der Waals surface area (Å²) in [5.41, 5.74) is 0.618. The number of aromatic nitrogens is 4. The summed E-state index contributed by atoms with van der Waals surface area (Å²) in [4.78, 5) is 28.2. The Morgan fingerprint density at radius 1 is 1.38 bits per heavy atom. The van der Waals surface area contributed by atoms with Gasteiger partial charge in [-0.3, -0.25) is 4.79 Å². The van der Waals surface area contributed by atoms with E-state index in [9.17, 15) is 9.18 Å². The van der Waals surface area contributed by atoms with Crippen molar-refractivity contribution in [1.82, 2.24) is 25.3 Å². The maximum Gasteiger partial charge on any atom is 0.245 e. The molecule has 0 bridgehead atoms. The number of nitrogens with one attached hydrogen (secondary N) is 3. The highest BCUT2D eigenvalue weighted by atomic mass is 19.1. The average molecular weight is 354 g/mol. The summed E-state index contributed by atoms with van der Waals surface area (Å²) in [5, 5.41) is 6.77. The van der Waals surface area contributed by atoms with E-state index >= 15 is 0 Å². The summed E-state index contributed by atoms with van der Waals surface area (Å²) in [6.07, 6.45) is 7.02. The predicted octanol–water partition coefficient (Wildman–Crippen LogP) is 2.63. The van der Waals surface area contributed by atoms with E-state index in [4.69, 9.17) is 0 Å². The average Bonchev–Trinajstić information content (AvgIpc) is 3.01. The molecule has 3 N–H and O–H groups in total. The molecule has 134 valence electrons. The summed E-state index contributed by atoms with van der Waals surface area (Å²) in [6.45, 7) is 2.49. The molecule has 1 amide bonds. The number of aromatic amines is 1. The van der Waals surface area contributed by atoms with E-state index in [1.54, 1.807) is 18.5 Å². The minimum atomic E-state index is -0.616. The van der Waals surface area contributed by atoms with Gasteiger partial charge in [0.05, 0.1) is 6.20 Å². The fourth-order valence-corrected chi connectivity index (χ4v) is 3.24. The minimum absolute atomic E-state index is 0.00947. The third kappa shape index (κ3) is 2.77. The molecule has 1 aliphatic rings. The van der Waals surface area contributed by atoms with Crippen LogP contribution in [0, 0.1) is 5.82 Å². The van der Waals surface area contributed by atoms with Crippen molar-refractivity contribution in [1.29, 1.82) is 0 Å². The van der Waals surface area contributed by atoms with Crippen LogP contribution in [0.4, 0.5) is 10.2 Å². The van der Waals surface area contributed by atoms with E-state index in [0.717, 1.165) is 25.5 Å². The van der Waals surface area contributed by atoms with Crippen molar-refractivity contribution < 1.29 is 9.18 Å². The van der Waals surface area contributed by atoms with Crippen LogP contribution in [0.5, 0.6) is 0 Å². The summed E-state index contributed by atoms with van der Waals surface area (Å²) in [7, 11) is 0. The van der Waals surface area contributed by atoms with Gasteiger partial charge in [0.1, 0.15) is 22.8 Å². The topological polar surface area (TPSA) is 95.6 Å². The molecule has 1 aliphatic carbocycles. The van der Waals surface area contributed by atoms with Crippen molar-refractivity contribution in [3.05, 3.63) is 36.5 Å². The molecule has 0 atom stereocenters. The van der Waals surface area contributed by atoms with Crippen LogP contribution in [-0.2, 0) is 4.79 Å². The molecular weight excluding hydrogens is 335 g/mol. The van der Waals surface area contributed by atoms with Gasteiger partial charge in [0.25, 0.3) is 0 Å². The number of nitrogens with zero attached hydrogens (tertiary/aromatic N) is 3. The second-order valence-corrected chi connectivity index (χ2v) is 6.44. The lowest BCUT2D eigenvalue weighted by atomic mass is 9.76. The first-order valence-electron chi connectivity index (χ1n) is 8.64. The molecule has 4 rings (SSSR count). The number of anilines is 1. The molecule has 0 radical (unpaired) electrons. The fourth-order valence-electron chi connectivity index (χ4n) is 3.24. The molecule has 3 aromatic heterocycles. The lowest BCUT2D eigenvalue weighted by Gasteiger charge is -2.41. The first-order chi connectivity index (χ1) is 12.6. The summed E-state index contributed by atoms with van der Waals surface area (Å²) >= 11 is 0. The highest BCUT2D eigenvalue weighted by Gasteiger charge is 2.44. The smallest absolute Gasteiger partial charge is 0.245 e. The third-order valence-corrected chi connectivity index (χ3v) is 4.74. The molecule has 0 unspecified atom stereocenters. The maximum absolute atomic E-state index is 13.6. The monoisotopic (exact) mass is 354 g/mol. The van der Waals surface area contributed by atoms with Crippen LogP contribution in [0.2, 0.25) is 0 Å². The van der Waals surface area contributed by atoms with E-state index in [1.165, 1.54) is 6.07 Å². The van der Waals surface area contributed by atoms with Gasteiger partial charge in [0, 0.05) is 29.9 Å². The SMILES string of the molecule is CCNC(=O)C1(Nc2ccnc(-c3c[nH]c4ncc(F)cc34)n2)CCC1. The molecule has 26 heavy (non-hydrogen) atoms. The van der Waals surface area contributed by atoms with Crippen molar-refractivity contribution in [2.24, 2.45) is 0 Å². The highest BCUT2D eigenvalue weighted by molar-refractivity contribution is 5.92.